The van der Waals surface area contributed by atoms with E-state index in [1.165, 1.54) is 6.92 Å². The van der Waals surface area contributed by atoms with E-state index in [0.29, 0.717) is 28.5 Å². The smallest absolute Gasteiger partial charge is 0.289 e. The quantitative estimate of drug-likeness (QED) is 0.737. The molecule has 2 aromatic rings. The molecule has 134 valence electrons. The Bertz CT molecular complexity index is 832. The molecule has 7 heteroatoms. The van der Waals surface area contributed by atoms with Crippen molar-refractivity contribution < 1.29 is 19.1 Å². The highest BCUT2D eigenvalue weighted by atomic mass is 32.2. The third kappa shape index (κ3) is 6.10. The number of carbonyl (C=O) groups excluding carboxylic acids is 3. The van der Waals surface area contributed by atoms with Crippen molar-refractivity contribution in [1.29, 1.82) is 0 Å². The van der Waals surface area contributed by atoms with E-state index in [0.717, 1.165) is 17.3 Å². The summed E-state index contributed by atoms with van der Waals surface area (Å²) in [6, 6.07) is 14.4. The van der Waals surface area contributed by atoms with Gasteiger partial charge in [-0.3, -0.25) is 19.7 Å². The van der Waals surface area contributed by atoms with E-state index in [1.54, 1.807) is 37.3 Å². The average Bonchev–Trinajstić information content (AvgIpc) is 2.58. The summed E-state index contributed by atoms with van der Waals surface area (Å²) in [5, 5.41) is 4.33. The molecule has 2 rings (SSSR count). The Morgan fingerprint density at radius 3 is 2.38 bits per heavy atom. The van der Waals surface area contributed by atoms with Crippen molar-refractivity contribution in [3.05, 3.63) is 59.0 Å². The number of hydrogen-bond donors (Lipinski definition) is 2. The first-order valence-corrected chi connectivity index (χ1v) is 8.54. The fourth-order valence-electron chi connectivity index (χ4n) is 2.10. The molecule has 3 amide bonds. The highest BCUT2D eigenvalue weighted by molar-refractivity contribution is 8.17. The van der Waals surface area contributed by atoms with E-state index in [-0.39, 0.29) is 5.91 Å². The molecule has 0 bridgehead atoms. The maximum Gasteiger partial charge on any atom is 0.289 e. The van der Waals surface area contributed by atoms with Gasteiger partial charge in [-0.05, 0) is 60.0 Å². The molecular weight excluding hydrogens is 352 g/mol. The SMILES string of the molecule is CC(=O)Nc1ccc(Oc2ccccc2/C=C(/C)SC(=O)NC=O)cc1. The van der Waals surface area contributed by atoms with Crippen LogP contribution in [0, 0.1) is 0 Å². The first-order valence-electron chi connectivity index (χ1n) is 7.73. The normalized spacial score (nSPS) is 10.8. The number of rotatable bonds is 6. The molecule has 0 saturated heterocycles. The zero-order valence-electron chi connectivity index (χ0n) is 14.3. The summed E-state index contributed by atoms with van der Waals surface area (Å²) in [7, 11) is 0. The fraction of sp³-hybridized carbons (Fsp3) is 0.105. The van der Waals surface area contributed by atoms with Gasteiger partial charge in [-0.15, -0.1) is 0 Å². The van der Waals surface area contributed by atoms with E-state index in [4.69, 9.17) is 4.74 Å². The van der Waals surface area contributed by atoms with Crippen LogP contribution in [0.3, 0.4) is 0 Å². The Hall–Kier alpha value is -3.06. The van der Waals surface area contributed by atoms with Crippen LogP contribution >= 0.6 is 11.8 Å². The molecule has 0 aliphatic heterocycles. The van der Waals surface area contributed by atoms with Crippen molar-refractivity contribution in [3.63, 3.8) is 0 Å². The van der Waals surface area contributed by atoms with Crippen LogP contribution in [0.5, 0.6) is 11.5 Å². The Labute approximate surface area is 155 Å². The number of thioether (sulfide) groups is 1. The molecule has 6 nitrogen and oxygen atoms in total. The van der Waals surface area contributed by atoms with Gasteiger partial charge in [0, 0.05) is 18.2 Å². The standard InChI is InChI=1S/C19H18N2O4S/c1-13(26-19(24)20-12-22)11-15-5-3-4-6-18(15)25-17-9-7-16(8-10-17)21-14(2)23/h3-12H,1-2H3,(H,21,23)(H,20,22,24)/b13-11-. The number of para-hydroxylation sites is 1. The molecule has 0 aliphatic rings. The predicted molar refractivity (Wildman–Crippen MR) is 103 cm³/mol. The number of anilines is 1. The number of benzene rings is 2. The Balaban J connectivity index is 2.14. The lowest BCUT2D eigenvalue weighted by atomic mass is 10.2. The van der Waals surface area contributed by atoms with Crippen LogP contribution < -0.4 is 15.4 Å². The summed E-state index contributed by atoms with van der Waals surface area (Å²) < 4.78 is 5.90. The predicted octanol–water partition coefficient (Wildman–Crippen LogP) is 4.40. The maximum atomic E-state index is 11.4. The van der Waals surface area contributed by atoms with Crippen LogP contribution in [-0.2, 0) is 9.59 Å². The van der Waals surface area contributed by atoms with Crippen LogP contribution in [0.2, 0.25) is 0 Å². The highest BCUT2D eigenvalue weighted by Crippen LogP contribution is 2.29. The minimum absolute atomic E-state index is 0.138. The van der Waals surface area contributed by atoms with Crippen molar-refractivity contribution in [2.45, 2.75) is 13.8 Å². The van der Waals surface area contributed by atoms with Gasteiger partial charge in [-0.2, -0.15) is 0 Å². The van der Waals surface area contributed by atoms with E-state index in [2.05, 4.69) is 10.6 Å². The van der Waals surface area contributed by atoms with Crippen LogP contribution in [0.15, 0.2) is 53.4 Å². The lowest BCUT2D eigenvalue weighted by Gasteiger charge is -2.10. The van der Waals surface area contributed by atoms with Gasteiger partial charge in [-0.25, -0.2) is 0 Å². The van der Waals surface area contributed by atoms with E-state index < -0.39 is 5.24 Å². The molecule has 0 saturated carbocycles. The van der Waals surface area contributed by atoms with Gasteiger partial charge in [0.15, 0.2) is 0 Å². The number of hydrogen-bond acceptors (Lipinski definition) is 5. The van der Waals surface area contributed by atoms with Crippen molar-refractivity contribution in [3.8, 4) is 11.5 Å². The molecule has 2 N–H and O–H groups in total. The second-order valence-corrected chi connectivity index (χ2v) is 6.47. The summed E-state index contributed by atoms with van der Waals surface area (Å²) in [5.74, 6) is 1.10. The summed E-state index contributed by atoms with van der Waals surface area (Å²) in [6.07, 6.45) is 2.15. The first-order chi connectivity index (χ1) is 12.5. The number of amides is 3. The van der Waals surface area contributed by atoms with Gasteiger partial charge in [0.1, 0.15) is 11.5 Å². The summed E-state index contributed by atoms with van der Waals surface area (Å²) in [4.78, 5) is 33.5. The van der Waals surface area contributed by atoms with Gasteiger partial charge in [0.25, 0.3) is 5.24 Å². The Morgan fingerprint density at radius 2 is 1.73 bits per heavy atom. The highest BCUT2D eigenvalue weighted by Gasteiger charge is 2.06. The molecule has 0 spiro atoms. The number of carbonyl (C=O) groups is 3. The molecule has 0 heterocycles. The van der Waals surface area contributed by atoms with Crippen molar-refractivity contribution in [1.82, 2.24) is 5.32 Å². The Kier molecular flexibility index (Phi) is 6.99. The lowest BCUT2D eigenvalue weighted by molar-refractivity contribution is -0.114. The largest absolute Gasteiger partial charge is 0.457 e. The number of ether oxygens (including phenoxy) is 1. The molecule has 26 heavy (non-hydrogen) atoms. The maximum absolute atomic E-state index is 11.4. The molecule has 0 unspecified atom stereocenters. The van der Waals surface area contributed by atoms with Crippen LogP contribution in [0.1, 0.15) is 19.4 Å². The third-order valence-corrected chi connectivity index (χ3v) is 3.85. The summed E-state index contributed by atoms with van der Waals surface area (Å²) in [5.41, 5.74) is 1.48. The second kappa shape index (κ2) is 9.43. The van der Waals surface area contributed by atoms with Gasteiger partial charge in [0.2, 0.25) is 12.3 Å². The monoisotopic (exact) mass is 370 g/mol. The average molecular weight is 370 g/mol. The molecule has 0 fully saturated rings. The summed E-state index contributed by atoms with van der Waals surface area (Å²) >= 11 is 0.926. The molecule has 0 atom stereocenters. The van der Waals surface area contributed by atoms with Crippen LogP contribution in [-0.4, -0.2) is 17.6 Å². The Morgan fingerprint density at radius 1 is 1.04 bits per heavy atom. The summed E-state index contributed by atoms with van der Waals surface area (Å²) in [6.45, 7) is 3.22. The van der Waals surface area contributed by atoms with E-state index in [9.17, 15) is 14.4 Å². The zero-order valence-corrected chi connectivity index (χ0v) is 15.1. The van der Waals surface area contributed by atoms with Gasteiger partial charge in [0.05, 0.1) is 0 Å². The minimum Gasteiger partial charge on any atom is -0.457 e. The fourth-order valence-corrected chi connectivity index (χ4v) is 2.69. The van der Waals surface area contributed by atoms with Crippen molar-refractivity contribution in [2.75, 3.05) is 5.32 Å². The molecule has 0 aliphatic carbocycles. The molecule has 2 aromatic carbocycles. The van der Waals surface area contributed by atoms with Gasteiger partial charge >= 0.3 is 0 Å². The number of nitrogens with one attached hydrogen (secondary N) is 2. The van der Waals surface area contributed by atoms with Crippen molar-refractivity contribution in [2.24, 2.45) is 0 Å². The minimum atomic E-state index is -0.444. The molecule has 0 radical (unpaired) electrons. The first kappa shape index (κ1) is 19.3. The molecule has 0 aromatic heterocycles. The molecular formula is C19H18N2O4S. The van der Waals surface area contributed by atoms with Gasteiger partial charge < -0.3 is 10.1 Å². The van der Waals surface area contributed by atoms with Crippen LogP contribution in [0.25, 0.3) is 6.08 Å². The number of imide groups is 1. The lowest BCUT2D eigenvalue weighted by Crippen LogP contribution is -2.15. The van der Waals surface area contributed by atoms with Crippen LogP contribution in [0.4, 0.5) is 10.5 Å². The zero-order chi connectivity index (χ0) is 18.9. The second-order valence-electron chi connectivity index (χ2n) is 5.25. The van der Waals surface area contributed by atoms with E-state index in [1.807, 2.05) is 24.3 Å². The van der Waals surface area contributed by atoms with E-state index >= 15 is 0 Å². The topological polar surface area (TPSA) is 84.5 Å². The van der Waals surface area contributed by atoms with Gasteiger partial charge in [-0.1, -0.05) is 18.2 Å². The number of allylic oxidation sites excluding steroid dienone is 1. The third-order valence-electron chi connectivity index (χ3n) is 3.11. The van der Waals surface area contributed by atoms with Crippen molar-refractivity contribution >= 4 is 41.1 Å².